The standard InChI is InChI=1S/C26H32N6O3.C2HF3O2/c1-15-10-16(2)24(17(3)11-15)30-23-14-20-19-13-22(35-5)21(34-4)12-18(19)6-8-31(20)26(33)32(23)9-7-29-25(27)28;3-2(4,5)1(6)7/h10-14H,6-9H2,1-5H3,(H4,27,28,29);(H,6,7). The Morgan fingerprint density at radius 1 is 1.02 bits per heavy atom. The number of benzene rings is 2. The highest BCUT2D eigenvalue weighted by Gasteiger charge is 2.38. The van der Waals surface area contributed by atoms with E-state index in [1.165, 1.54) is 5.56 Å². The number of aliphatic carboxylic acids is 1. The van der Waals surface area contributed by atoms with Crippen LogP contribution in [0.3, 0.4) is 0 Å². The fraction of sp³-hybridized carbons (Fsp3) is 0.357. The molecule has 0 spiro atoms. The fourth-order valence-electron chi connectivity index (χ4n) is 4.71. The molecule has 4 rings (SSSR count). The van der Waals surface area contributed by atoms with Gasteiger partial charge in [0.2, 0.25) is 0 Å². The number of fused-ring (bicyclic) bond motifs is 3. The molecule has 42 heavy (non-hydrogen) atoms. The van der Waals surface area contributed by atoms with Crippen LogP contribution in [0.4, 0.5) is 18.9 Å². The molecular formula is C28H33F3N6O5. The highest BCUT2D eigenvalue weighted by molar-refractivity contribution is 5.75. The minimum absolute atomic E-state index is 0.0117. The number of nitrogens with two attached hydrogens (primary N) is 2. The first-order chi connectivity index (χ1) is 19.7. The van der Waals surface area contributed by atoms with Crippen molar-refractivity contribution in [1.82, 2.24) is 9.13 Å². The molecule has 0 fully saturated rings. The van der Waals surface area contributed by atoms with Gasteiger partial charge < -0.3 is 26.0 Å². The van der Waals surface area contributed by atoms with Crippen molar-refractivity contribution in [2.24, 2.45) is 21.5 Å². The Morgan fingerprint density at radius 2 is 1.60 bits per heavy atom. The molecule has 2 aromatic carbocycles. The predicted octanol–water partition coefficient (Wildman–Crippen LogP) is 2.95. The second kappa shape index (κ2) is 12.8. The van der Waals surface area contributed by atoms with Crippen molar-refractivity contribution >= 4 is 17.6 Å². The van der Waals surface area contributed by atoms with Gasteiger partial charge in [-0.1, -0.05) is 17.7 Å². The van der Waals surface area contributed by atoms with Crippen LogP contribution in [0.1, 0.15) is 22.3 Å². The quantitative estimate of drug-likeness (QED) is 0.294. The van der Waals surface area contributed by atoms with Gasteiger partial charge >= 0.3 is 17.8 Å². The van der Waals surface area contributed by atoms with E-state index in [1.54, 1.807) is 23.4 Å². The van der Waals surface area contributed by atoms with Crippen LogP contribution in [0.25, 0.3) is 11.3 Å². The van der Waals surface area contributed by atoms with Crippen molar-refractivity contribution in [3.63, 3.8) is 0 Å². The zero-order chi connectivity index (χ0) is 31.4. The minimum Gasteiger partial charge on any atom is -0.493 e. The fourth-order valence-corrected chi connectivity index (χ4v) is 4.71. The number of aromatic nitrogens is 2. The number of carboxylic acid groups (broad SMARTS) is 1. The van der Waals surface area contributed by atoms with E-state index in [9.17, 15) is 18.0 Å². The molecular weight excluding hydrogens is 557 g/mol. The predicted molar refractivity (Wildman–Crippen MR) is 151 cm³/mol. The second-order valence-electron chi connectivity index (χ2n) is 9.56. The van der Waals surface area contributed by atoms with Crippen molar-refractivity contribution in [1.29, 1.82) is 0 Å². The molecule has 5 N–H and O–H groups in total. The third-order valence-electron chi connectivity index (χ3n) is 6.51. The Balaban J connectivity index is 0.000000616. The minimum atomic E-state index is -5.08. The van der Waals surface area contributed by atoms with E-state index in [-0.39, 0.29) is 18.2 Å². The Morgan fingerprint density at radius 3 is 2.12 bits per heavy atom. The van der Waals surface area contributed by atoms with Crippen LogP contribution in [-0.4, -0.2) is 53.1 Å². The molecule has 1 aliphatic rings. The summed E-state index contributed by atoms with van der Waals surface area (Å²) in [6.07, 6.45) is -4.39. The zero-order valence-electron chi connectivity index (χ0n) is 23.9. The van der Waals surface area contributed by atoms with Gasteiger partial charge in [0.1, 0.15) is 5.49 Å². The molecule has 0 amide bonds. The van der Waals surface area contributed by atoms with Gasteiger partial charge in [0.25, 0.3) is 0 Å². The molecule has 1 aliphatic heterocycles. The first-order valence-corrected chi connectivity index (χ1v) is 12.8. The number of aryl methyl sites for hydroxylation is 4. The van der Waals surface area contributed by atoms with Crippen molar-refractivity contribution < 1.29 is 32.5 Å². The van der Waals surface area contributed by atoms with Crippen LogP contribution in [-0.2, 0) is 24.3 Å². The van der Waals surface area contributed by atoms with E-state index in [0.29, 0.717) is 36.5 Å². The average Bonchev–Trinajstić information content (AvgIpc) is 2.90. The van der Waals surface area contributed by atoms with Gasteiger partial charge in [0.15, 0.2) is 17.5 Å². The number of halogens is 3. The molecule has 0 saturated heterocycles. The molecule has 3 aromatic rings. The highest BCUT2D eigenvalue weighted by atomic mass is 19.4. The number of hydrogen-bond donors (Lipinski definition) is 3. The smallest absolute Gasteiger partial charge is 0.490 e. The average molecular weight is 591 g/mol. The van der Waals surface area contributed by atoms with Crippen LogP contribution < -0.4 is 32.1 Å². The SMILES string of the molecule is COc1cc2c(cc1OC)-c1cc(=Nc3c(C)cc(C)cc3C)n(CCN=C(N)N)c(=O)n1CC2.O=C(O)C(F)(F)F. The van der Waals surface area contributed by atoms with Crippen LogP contribution in [0, 0.1) is 20.8 Å². The molecule has 14 heteroatoms. The molecule has 0 radical (unpaired) electrons. The molecule has 11 nitrogen and oxygen atoms in total. The van der Waals surface area contributed by atoms with Crippen LogP contribution in [0.5, 0.6) is 11.5 Å². The molecule has 2 heterocycles. The number of hydrogen-bond acceptors (Lipinski definition) is 6. The summed E-state index contributed by atoms with van der Waals surface area (Å²) in [6, 6.07) is 10.0. The summed E-state index contributed by atoms with van der Waals surface area (Å²) >= 11 is 0. The van der Waals surface area contributed by atoms with E-state index < -0.39 is 12.1 Å². The summed E-state index contributed by atoms with van der Waals surface area (Å²) < 4.78 is 46.2. The number of carbonyl (C=O) groups is 1. The number of methoxy groups -OCH3 is 2. The van der Waals surface area contributed by atoms with E-state index in [4.69, 9.17) is 35.8 Å². The summed E-state index contributed by atoms with van der Waals surface area (Å²) in [5.41, 5.74) is 18.3. The van der Waals surface area contributed by atoms with E-state index in [2.05, 4.69) is 24.0 Å². The molecule has 0 aliphatic carbocycles. The van der Waals surface area contributed by atoms with Gasteiger partial charge in [0, 0.05) is 24.7 Å². The second-order valence-corrected chi connectivity index (χ2v) is 9.56. The van der Waals surface area contributed by atoms with Gasteiger partial charge in [-0.3, -0.25) is 14.1 Å². The third-order valence-corrected chi connectivity index (χ3v) is 6.51. The first-order valence-electron chi connectivity index (χ1n) is 12.8. The Kier molecular flexibility index (Phi) is 9.71. The van der Waals surface area contributed by atoms with Gasteiger partial charge in [-0.25, -0.2) is 14.6 Å². The van der Waals surface area contributed by atoms with Crippen LogP contribution >= 0.6 is 0 Å². The lowest BCUT2D eigenvalue weighted by Gasteiger charge is -2.24. The summed E-state index contributed by atoms with van der Waals surface area (Å²) in [5.74, 6) is -1.49. The maximum Gasteiger partial charge on any atom is 0.490 e. The molecule has 0 saturated carbocycles. The van der Waals surface area contributed by atoms with Gasteiger partial charge in [-0.2, -0.15) is 13.2 Å². The topological polar surface area (TPSA) is 159 Å². The summed E-state index contributed by atoms with van der Waals surface area (Å²) in [7, 11) is 3.22. The lowest BCUT2D eigenvalue weighted by atomic mass is 9.97. The van der Waals surface area contributed by atoms with Gasteiger partial charge in [0.05, 0.1) is 32.1 Å². The third kappa shape index (κ3) is 7.11. The van der Waals surface area contributed by atoms with Crippen molar-refractivity contribution in [3.05, 3.63) is 68.6 Å². The highest BCUT2D eigenvalue weighted by Crippen LogP contribution is 2.37. The van der Waals surface area contributed by atoms with E-state index in [1.807, 2.05) is 32.0 Å². The van der Waals surface area contributed by atoms with E-state index in [0.717, 1.165) is 33.6 Å². The van der Waals surface area contributed by atoms with Crippen molar-refractivity contribution in [3.8, 4) is 22.8 Å². The summed E-state index contributed by atoms with van der Waals surface area (Å²) in [6.45, 7) is 7.24. The number of alkyl halides is 3. The number of aliphatic imine (C=N–C) groups is 1. The molecule has 0 bridgehead atoms. The van der Waals surface area contributed by atoms with E-state index >= 15 is 0 Å². The maximum absolute atomic E-state index is 13.7. The molecule has 0 atom stereocenters. The maximum atomic E-state index is 13.7. The lowest BCUT2D eigenvalue weighted by Crippen LogP contribution is -2.42. The number of carboxylic acids is 1. The van der Waals surface area contributed by atoms with Crippen molar-refractivity contribution in [2.75, 3.05) is 20.8 Å². The Hall–Kier alpha value is -4.75. The molecule has 226 valence electrons. The van der Waals surface area contributed by atoms with Crippen LogP contribution in [0.2, 0.25) is 0 Å². The summed E-state index contributed by atoms with van der Waals surface area (Å²) in [4.78, 5) is 31.7. The van der Waals surface area contributed by atoms with Gasteiger partial charge in [-0.15, -0.1) is 0 Å². The van der Waals surface area contributed by atoms with Crippen LogP contribution in [0.15, 0.2) is 45.1 Å². The molecule has 0 unspecified atom stereocenters. The largest absolute Gasteiger partial charge is 0.493 e. The molecule has 1 aromatic heterocycles. The Bertz CT molecular complexity index is 1630. The zero-order valence-corrected chi connectivity index (χ0v) is 23.9. The Labute approximate surface area is 239 Å². The number of nitrogens with zero attached hydrogens (tertiary/aromatic N) is 4. The monoisotopic (exact) mass is 590 g/mol. The lowest BCUT2D eigenvalue weighted by molar-refractivity contribution is -0.192. The number of guanidine groups is 1. The summed E-state index contributed by atoms with van der Waals surface area (Å²) in [5, 5.41) is 7.12. The number of rotatable bonds is 6. The number of ether oxygens (including phenoxy) is 2. The normalized spacial score (nSPS) is 12.4. The van der Waals surface area contributed by atoms with Crippen molar-refractivity contribution in [2.45, 2.75) is 46.5 Å². The van der Waals surface area contributed by atoms with Gasteiger partial charge in [-0.05, 0) is 56.0 Å². The first kappa shape index (κ1) is 31.8.